The lowest BCUT2D eigenvalue weighted by atomic mass is 9.94. The predicted molar refractivity (Wildman–Crippen MR) is 128 cm³/mol. The summed E-state index contributed by atoms with van der Waals surface area (Å²) < 4.78 is 5.66. The predicted octanol–water partition coefficient (Wildman–Crippen LogP) is 4.50. The molecule has 7 nitrogen and oxygen atoms in total. The number of nitrogens with one attached hydrogen (secondary N) is 3. The largest absolute Gasteiger partial charge is 0.376 e. The van der Waals surface area contributed by atoms with Crippen molar-refractivity contribution in [3.63, 3.8) is 0 Å². The van der Waals surface area contributed by atoms with Crippen LogP contribution in [0.2, 0.25) is 5.02 Å². The van der Waals surface area contributed by atoms with Gasteiger partial charge < -0.3 is 20.7 Å². The Balaban J connectivity index is 1.33. The molecule has 2 aliphatic rings. The van der Waals surface area contributed by atoms with Crippen LogP contribution in [0.25, 0.3) is 11.3 Å². The van der Waals surface area contributed by atoms with Gasteiger partial charge in [-0.25, -0.2) is 9.97 Å². The third kappa shape index (κ3) is 6.64. The minimum absolute atomic E-state index is 0.0190. The molecule has 2 fully saturated rings. The molecular weight excluding hydrogens is 426 g/mol. The number of amides is 1. The second-order valence-electron chi connectivity index (χ2n) is 8.63. The first-order valence-corrected chi connectivity index (χ1v) is 12.0. The lowest BCUT2D eigenvalue weighted by molar-refractivity contribution is -0.116. The number of aromatic nitrogens is 2. The lowest BCUT2D eigenvalue weighted by Gasteiger charge is -2.22. The molecule has 0 spiro atoms. The normalized spacial score (nSPS) is 20.8. The molecule has 2 saturated heterocycles. The average Bonchev–Trinajstić information content (AvgIpc) is 3.34. The smallest absolute Gasteiger partial charge is 0.225 e. The first-order chi connectivity index (χ1) is 15.7. The van der Waals surface area contributed by atoms with E-state index in [0.29, 0.717) is 23.2 Å². The SMILES string of the molecule is O=C(CCCC1CCCNC1)Nc1cc(-c2cccc(NC[C@H]3CCCO3)n2)c(Cl)cn1. The van der Waals surface area contributed by atoms with Gasteiger partial charge in [0, 0.05) is 31.3 Å². The van der Waals surface area contributed by atoms with E-state index in [4.69, 9.17) is 16.3 Å². The van der Waals surface area contributed by atoms with Crippen LogP contribution >= 0.6 is 11.6 Å². The van der Waals surface area contributed by atoms with Crippen LogP contribution < -0.4 is 16.0 Å². The van der Waals surface area contributed by atoms with E-state index in [1.807, 2.05) is 18.2 Å². The molecule has 0 aliphatic carbocycles. The number of ether oxygens (including phenoxy) is 1. The van der Waals surface area contributed by atoms with Gasteiger partial charge in [0.1, 0.15) is 11.6 Å². The highest BCUT2D eigenvalue weighted by molar-refractivity contribution is 6.33. The number of rotatable bonds is 9. The molecule has 0 bridgehead atoms. The first kappa shape index (κ1) is 23.0. The van der Waals surface area contributed by atoms with Crippen molar-refractivity contribution in [3.8, 4) is 11.3 Å². The molecule has 2 aromatic rings. The first-order valence-electron chi connectivity index (χ1n) is 11.7. The molecule has 2 aromatic heterocycles. The van der Waals surface area contributed by atoms with Crippen LogP contribution in [0.3, 0.4) is 0 Å². The molecular formula is C24H32ClN5O2. The number of nitrogens with zero attached hydrogens (tertiary/aromatic N) is 2. The van der Waals surface area contributed by atoms with Crippen LogP contribution in [-0.4, -0.2) is 48.2 Å². The molecule has 0 aromatic carbocycles. The maximum atomic E-state index is 12.4. The summed E-state index contributed by atoms with van der Waals surface area (Å²) in [7, 11) is 0. The molecule has 8 heteroatoms. The van der Waals surface area contributed by atoms with E-state index in [2.05, 4.69) is 25.9 Å². The maximum absolute atomic E-state index is 12.4. The highest BCUT2D eigenvalue weighted by Crippen LogP contribution is 2.29. The number of piperidine rings is 1. The third-order valence-corrected chi connectivity index (χ3v) is 6.40. The summed E-state index contributed by atoms with van der Waals surface area (Å²) in [5, 5.41) is 10.2. The van der Waals surface area contributed by atoms with Gasteiger partial charge in [0.05, 0.1) is 16.8 Å². The van der Waals surface area contributed by atoms with Crippen molar-refractivity contribution in [2.24, 2.45) is 5.92 Å². The van der Waals surface area contributed by atoms with Crippen molar-refractivity contribution >= 4 is 29.1 Å². The van der Waals surface area contributed by atoms with Gasteiger partial charge in [0.15, 0.2) is 0 Å². The molecule has 0 saturated carbocycles. The number of carbonyl (C=O) groups excluding carboxylic acids is 1. The second kappa shape index (κ2) is 11.6. The molecule has 172 valence electrons. The molecule has 4 heterocycles. The Hall–Kier alpha value is -2.22. The minimum atomic E-state index is -0.0190. The Morgan fingerprint density at radius 2 is 2.19 bits per heavy atom. The second-order valence-corrected chi connectivity index (χ2v) is 9.03. The van der Waals surface area contributed by atoms with Crippen LogP contribution in [0.4, 0.5) is 11.6 Å². The fraction of sp³-hybridized carbons (Fsp3) is 0.542. The van der Waals surface area contributed by atoms with E-state index in [1.54, 1.807) is 12.3 Å². The summed E-state index contributed by atoms with van der Waals surface area (Å²) in [6.07, 6.45) is 8.93. The quantitative estimate of drug-likeness (QED) is 0.514. The zero-order chi connectivity index (χ0) is 22.2. The number of hydrogen-bond acceptors (Lipinski definition) is 6. The summed E-state index contributed by atoms with van der Waals surface area (Å²) in [5.41, 5.74) is 1.47. The molecule has 0 radical (unpaired) electrons. The van der Waals surface area contributed by atoms with Gasteiger partial charge in [-0.1, -0.05) is 17.7 Å². The third-order valence-electron chi connectivity index (χ3n) is 6.10. The van der Waals surface area contributed by atoms with E-state index in [1.165, 1.54) is 12.8 Å². The highest BCUT2D eigenvalue weighted by Gasteiger charge is 2.16. The van der Waals surface area contributed by atoms with E-state index in [9.17, 15) is 4.79 Å². The van der Waals surface area contributed by atoms with Crippen molar-refractivity contribution in [2.45, 2.75) is 51.0 Å². The van der Waals surface area contributed by atoms with Gasteiger partial charge in [-0.3, -0.25) is 4.79 Å². The summed E-state index contributed by atoms with van der Waals surface area (Å²) >= 11 is 6.41. The average molecular weight is 458 g/mol. The van der Waals surface area contributed by atoms with Crippen LogP contribution in [0.5, 0.6) is 0 Å². The van der Waals surface area contributed by atoms with Crippen LogP contribution in [-0.2, 0) is 9.53 Å². The number of pyridine rings is 2. The fourth-order valence-corrected chi connectivity index (χ4v) is 4.54. The van der Waals surface area contributed by atoms with Gasteiger partial charge in [0.25, 0.3) is 0 Å². The van der Waals surface area contributed by atoms with Gasteiger partial charge in [-0.15, -0.1) is 0 Å². The topological polar surface area (TPSA) is 88.2 Å². The zero-order valence-electron chi connectivity index (χ0n) is 18.4. The van der Waals surface area contributed by atoms with Gasteiger partial charge in [0.2, 0.25) is 5.91 Å². The van der Waals surface area contributed by atoms with Gasteiger partial charge in [-0.2, -0.15) is 0 Å². The molecule has 4 rings (SSSR count). The Morgan fingerprint density at radius 3 is 3.00 bits per heavy atom. The van der Waals surface area contributed by atoms with Crippen molar-refractivity contribution < 1.29 is 9.53 Å². The van der Waals surface area contributed by atoms with Crippen molar-refractivity contribution in [1.29, 1.82) is 0 Å². The van der Waals surface area contributed by atoms with Crippen molar-refractivity contribution in [2.75, 3.05) is 36.9 Å². The number of carbonyl (C=O) groups is 1. The number of hydrogen-bond donors (Lipinski definition) is 3. The van der Waals surface area contributed by atoms with E-state index in [-0.39, 0.29) is 12.0 Å². The molecule has 2 aliphatic heterocycles. The molecule has 32 heavy (non-hydrogen) atoms. The van der Waals surface area contributed by atoms with Crippen molar-refractivity contribution in [1.82, 2.24) is 15.3 Å². The van der Waals surface area contributed by atoms with E-state index < -0.39 is 0 Å². The Kier molecular flexibility index (Phi) is 8.31. The van der Waals surface area contributed by atoms with E-state index >= 15 is 0 Å². The monoisotopic (exact) mass is 457 g/mol. The maximum Gasteiger partial charge on any atom is 0.225 e. The Morgan fingerprint density at radius 1 is 1.25 bits per heavy atom. The summed E-state index contributed by atoms with van der Waals surface area (Å²) in [6, 6.07) is 7.56. The van der Waals surface area contributed by atoms with Crippen LogP contribution in [0.15, 0.2) is 30.5 Å². The van der Waals surface area contributed by atoms with E-state index in [0.717, 1.165) is 69.0 Å². The van der Waals surface area contributed by atoms with Crippen molar-refractivity contribution in [3.05, 3.63) is 35.5 Å². The van der Waals surface area contributed by atoms with Crippen LogP contribution in [0.1, 0.15) is 44.9 Å². The highest BCUT2D eigenvalue weighted by atomic mass is 35.5. The lowest BCUT2D eigenvalue weighted by Crippen LogP contribution is -2.29. The summed E-state index contributed by atoms with van der Waals surface area (Å²) in [5.74, 6) is 1.93. The minimum Gasteiger partial charge on any atom is -0.376 e. The molecule has 3 N–H and O–H groups in total. The molecule has 1 unspecified atom stereocenters. The molecule has 1 amide bonds. The Bertz CT molecular complexity index is 898. The van der Waals surface area contributed by atoms with Crippen LogP contribution in [0, 0.1) is 5.92 Å². The Labute approximate surface area is 194 Å². The number of halogens is 1. The molecule has 2 atom stereocenters. The zero-order valence-corrected chi connectivity index (χ0v) is 19.2. The fourth-order valence-electron chi connectivity index (χ4n) is 4.34. The summed E-state index contributed by atoms with van der Waals surface area (Å²) in [6.45, 7) is 3.75. The summed E-state index contributed by atoms with van der Waals surface area (Å²) in [4.78, 5) is 21.4. The van der Waals surface area contributed by atoms with Gasteiger partial charge >= 0.3 is 0 Å². The standard InChI is InChI=1S/C24H32ClN5O2/c25-20-16-28-23(30-24(31)10-1-5-17-6-3-11-26-14-17)13-19(20)21-8-2-9-22(29-21)27-15-18-7-4-12-32-18/h2,8-9,13,16-18,26H,1,3-7,10-12,14-15H2,(H,27,29)(H,28,30,31)/t17?,18-/m1/s1. The number of anilines is 2. The van der Waals surface area contributed by atoms with Gasteiger partial charge in [-0.05, 0) is 75.7 Å².